The second-order valence-corrected chi connectivity index (χ2v) is 4.66. The van der Waals surface area contributed by atoms with Gasteiger partial charge in [0.15, 0.2) is 0 Å². The van der Waals surface area contributed by atoms with E-state index in [2.05, 4.69) is 35.2 Å². The normalized spacial score (nSPS) is 20.8. The molecule has 1 aliphatic rings. The molecule has 1 aromatic heterocycles. The van der Waals surface area contributed by atoms with Crippen molar-refractivity contribution >= 4 is 0 Å². The van der Waals surface area contributed by atoms with Crippen molar-refractivity contribution in [1.29, 1.82) is 0 Å². The maximum absolute atomic E-state index is 5.69. The second kappa shape index (κ2) is 6.10. The largest absolute Gasteiger partial charge is 0.374 e. The summed E-state index contributed by atoms with van der Waals surface area (Å²) in [6.07, 6.45) is 2.16. The first-order valence-corrected chi connectivity index (χ1v) is 6.17. The minimum atomic E-state index is 0.303. The Balaban J connectivity index is 1.84. The van der Waals surface area contributed by atoms with E-state index in [1.807, 2.05) is 12.3 Å². The van der Waals surface area contributed by atoms with E-state index in [1.54, 1.807) is 0 Å². The van der Waals surface area contributed by atoms with Gasteiger partial charge in [0.05, 0.1) is 18.4 Å². The molecule has 0 radical (unpaired) electrons. The van der Waals surface area contributed by atoms with E-state index >= 15 is 0 Å². The van der Waals surface area contributed by atoms with E-state index < -0.39 is 0 Å². The lowest BCUT2D eigenvalue weighted by Crippen LogP contribution is -2.44. The van der Waals surface area contributed by atoms with Gasteiger partial charge in [0.2, 0.25) is 0 Å². The third-order valence-electron chi connectivity index (χ3n) is 3.06. The van der Waals surface area contributed by atoms with E-state index in [-0.39, 0.29) is 0 Å². The molecule has 0 aromatic carbocycles. The summed E-state index contributed by atoms with van der Waals surface area (Å²) in [5.74, 6) is 0. The zero-order valence-electron chi connectivity index (χ0n) is 10.6. The summed E-state index contributed by atoms with van der Waals surface area (Å²) in [4.78, 5) is 6.68. The van der Waals surface area contributed by atoms with Gasteiger partial charge in [0.1, 0.15) is 0 Å². The van der Waals surface area contributed by atoms with Gasteiger partial charge < -0.3 is 10.1 Å². The average molecular weight is 235 g/mol. The van der Waals surface area contributed by atoms with Crippen LogP contribution in [-0.4, -0.2) is 49.3 Å². The molecule has 4 heteroatoms. The van der Waals surface area contributed by atoms with Crippen molar-refractivity contribution in [3.63, 3.8) is 0 Å². The highest BCUT2D eigenvalue weighted by molar-refractivity contribution is 5.17. The lowest BCUT2D eigenvalue weighted by atomic mass is 10.2. The van der Waals surface area contributed by atoms with Crippen molar-refractivity contribution in [2.24, 2.45) is 0 Å². The number of aromatic nitrogens is 1. The lowest BCUT2D eigenvalue weighted by Gasteiger charge is -2.28. The van der Waals surface area contributed by atoms with Crippen molar-refractivity contribution in [1.82, 2.24) is 15.2 Å². The number of hydrogen-bond donors (Lipinski definition) is 1. The average Bonchev–Trinajstić information content (AvgIpc) is 2.33. The van der Waals surface area contributed by atoms with Crippen LogP contribution in [0.5, 0.6) is 0 Å². The minimum Gasteiger partial charge on any atom is -0.374 e. The molecule has 4 nitrogen and oxygen atoms in total. The quantitative estimate of drug-likeness (QED) is 0.838. The molecule has 1 saturated heterocycles. The molecule has 0 aliphatic carbocycles. The highest BCUT2D eigenvalue weighted by atomic mass is 16.5. The number of rotatable bonds is 4. The first-order valence-electron chi connectivity index (χ1n) is 6.17. The molecule has 1 aromatic rings. The molecule has 2 heterocycles. The van der Waals surface area contributed by atoms with Gasteiger partial charge in [0.25, 0.3) is 0 Å². The van der Waals surface area contributed by atoms with Crippen LogP contribution < -0.4 is 5.32 Å². The Morgan fingerprint density at radius 1 is 1.59 bits per heavy atom. The standard InChI is InChI=1S/C13H21N3O/c1-11-4-3-5-15-13(11)10-16(2)9-12-8-14-6-7-17-12/h3-5,12,14H,6-10H2,1-2H3. The summed E-state index contributed by atoms with van der Waals surface area (Å²) < 4.78 is 5.69. The number of morpholine rings is 1. The molecule has 0 spiro atoms. The zero-order valence-corrected chi connectivity index (χ0v) is 10.6. The van der Waals surface area contributed by atoms with Gasteiger partial charge in [-0.15, -0.1) is 0 Å². The topological polar surface area (TPSA) is 37.4 Å². The molecule has 17 heavy (non-hydrogen) atoms. The van der Waals surface area contributed by atoms with E-state index in [1.165, 1.54) is 5.56 Å². The molecule has 2 rings (SSSR count). The molecule has 1 fully saturated rings. The molecule has 94 valence electrons. The van der Waals surface area contributed by atoms with Gasteiger partial charge in [-0.1, -0.05) is 6.07 Å². The van der Waals surface area contributed by atoms with Crippen LogP contribution in [0.4, 0.5) is 0 Å². The van der Waals surface area contributed by atoms with Crippen LogP contribution in [0.25, 0.3) is 0 Å². The number of pyridine rings is 1. The van der Waals surface area contributed by atoms with Gasteiger partial charge in [-0.2, -0.15) is 0 Å². The van der Waals surface area contributed by atoms with E-state index in [0.717, 1.165) is 38.5 Å². The molecule has 0 bridgehead atoms. The van der Waals surface area contributed by atoms with Gasteiger partial charge in [-0.25, -0.2) is 0 Å². The lowest BCUT2D eigenvalue weighted by molar-refractivity contribution is 0.00865. The van der Waals surface area contributed by atoms with Gasteiger partial charge in [-0.05, 0) is 25.6 Å². The Morgan fingerprint density at radius 2 is 2.47 bits per heavy atom. The monoisotopic (exact) mass is 235 g/mol. The third kappa shape index (κ3) is 3.77. The van der Waals surface area contributed by atoms with Crippen LogP contribution in [0.3, 0.4) is 0 Å². The fourth-order valence-corrected chi connectivity index (χ4v) is 2.09. The Kier molecular flexibility index (Phi) is 4.48. The van der Waals surface area contributed by atoms with Crippen molar-refractivity contribution in [2.45, 2.75) is 19.6 Å². The fourth-order valence-electron chi connectivity index (χ4n) is 2.09. The van der Waals surface area contributed by atoms with E-state index in [4.69, 9.17) is 4.74 Å². The maximum atomic E-state index is 5.69. The number of aryl methyl sites for hydroxylation is 1. The van der Waals surface area contributed by atoms with Crippen LogP contribution in [-0.2, 0) is 11.3 Å². The molecular weight excluding hydrogens is 214 g/mol. The van der Waals surface area contributed by atoms with Crippen LogP contribution in [0, 0.1) is 6.92 Å². The second-order valence-electron chi connectivity index (χ2n) is 4.66. The van der Waals surface area contributed by atoms with Crippen LogP contribution in [0.15, 0.2) is 18.3 Å². The molecule has 1 aliphatic heterocycles. The van der Waals surface area contributed by atoms with Crippen LogP contribution in [0.2, 0.25) is 0 Å². The highest BCUT2D eigenvalue weighted by Gasteiger charge is 2.15. The predicted octanol–water partition coefficient (Wildman–Crippen LogP) is 0.810. The number of nitrogens with one attached hydrogen (secondary N) is 1. The van der Waals surface area contributed by atoms with E-state index in [9.17, 15) is 0 Å². The van der Waals surface area contributed by atoms with Gasteiger partial charge in [-0.3, -0.25) is 9.88 Å². The first kappa shape index (κ1) is 12.5. The van der Waals surface area contributed by atoms with Crippen molar-refractivity contribution in [3.8, 4) is 0 Å². The number of likely N-dealkylation sites (N-methyl/N-ethyl adjacent to an activating group) is 1. The predicted molar refractivity (Wildman–Crippen MR) is 67.9 cm³/mol. The summed E-state index contributed by atoms with van der Waals surface area (Å²) in [6, 6.07) is 4.09. The summed E-state index contributed by atoms with van der Waals surface area (Å²) in [6.45, 7) is 6.68. The molecule has 1 atom stereocenters. The Bertz CT molecular complexity index is 350. The first-order chi connectivity index (χ1) is 8.25. The zero-order chi connectivity index (χ0) is 12.1. The smallest absolute Gasteiger partial charge is 0.0826 e. The minimum absolute atomic E-state index is 0.303. The summed E-state index contributed by atoms with van der Waals surface area (Å²) in [5.41, 5.74) is 2.40. The third-order valence-corrected chi connectivity index (χ3v) is 3.06. The van der Waals surface area contributed by atoms with Crippen molar-refractivity contribution in [2.75, 3.05) is 33.3 Å². The Morgan fingerprint density at radius 3 is 3.18 bits per heavy atom. The SMILES string of the molecule is Cc1cccnc1CN(C)CC1CNCCO1. The highest BCUT2D eigenvalue weighted by Crippen LogP contribution is 2.07. The van der Waals surface area contributed by atoms with E-state index in [0.29, 0.717) is 6.10 Å². The Hall–Kier alpha value is -0.970. The van der Waals surface area contributed by atoms with Crippen LogP contribution >= 0.6 is 0 Å². The number of hydrogen-bond acceptors (Lipinski definition) is 4. The molecular formula is C13H21N3O. The van der Waals surface area contributed by atoms with Crippen molar-refractivity contribution < 1.29 is 4.74 Å². The Labute approximate surface area is 103 Å². The summed E-state index contributed by atoms with van der Waals surface area (Å²) in [7, 11) is 2.12. The number of ether oxygens (including phenoxy) is 1. The molecule has 0 saturated carbocycles. The molecule has 1 N–H and O–H groups in total. The molecule has 1 unspecified atom stereocenters. The summed E-state index contributed by atoms with van der Waals surface area (Å²) in [5, 5.41) is 3.35. The van der Waals surface area contributed by atoms with Crippen molar-refractivity contribution in [3.05, 3.63) is 29.6 Å². The fraction of sp³-hybridized carbons (Fsp3) is 0.615. The van der Waals surface area contributed by atoms with Gasteiger partial charge in [0, 0.05) is 32.4 Å². The summed E-state index contributed by atoms with van der Waals surface area (Å²) >= 11 is 0. The van der Waals surface area contributed by atoms with Gasteiger partial charge >= 0.3 is 0 Å². The maximum Gasteiger partial charge on any atom is 0.0826 e. The number of nitrogens with zero attached hydrogens (tertiary/aromatic N) is 2. The van der Waals surface area contributed by atoms with Crippen LogP contribution in [0.1, 0.15) is 11.3 Å². The molecule has 0 amide bonds.